The van der Waals surface area contributed by atoms with E-state index in [0.29, 0.717) is 13.0 Å². The highest BCUT2D eigenvalue weighted by molar-refractivity contribution is 6.01. The number of furan rings is 1. The number of benzene rings is 1. The van der Waals surface area contributed by atoms with Crippen molar-refractivity contribution in [2.24, 2.45) is 23.2 Å². The van der Waals surface area contributed by atoms with Crippen molar-refractivity contribution in [2.75, 3.05) is 23.7 Å². The fourth-order valence-corrected chi connectivity index (χ4v) is 7.31. The third-order valence-corrected chi connectivity index (χ3v) is 8.19. The Bertz CT molecular complexity index is 1120. The zero-order valence-electron chi connectivity index (χ0n) is 19.7. The zero-order chi connectivity index (χ0) is 23.0. The van der Waals surface area contributed by atoms with Gasteiger partial charge in [-0.05, 0) is 98.1 Å². The van der Waals surface area contributed by atoms with Crippen molar-refractivity contribution >= 4 is 28.3 Å². The van der Waals surface area contributed by atoms with Crippen LogP contribution >= 0.6 is 0 Å². The van der Waals surface area contributed by atoms with Crippen molar-refractivity contribution in [1.82, 2.24) is 10.3 Å². The summed E-state index contributed by atoms with van der Waals surface area (Å²) in [6.45, 7) is 2.29. The number of fused-ring (bicyclic) bond motifs is 1. The molecule has 4 aliphatic carbocycles. The Morgan fingerprint density at radius 1 is 0.971 bits per heavy atom. The Morgan fingerprint density at radius 2 is 1.76 bits per heavy atom. The first-order valence-corrected chi connectivity index (χ1v) is 12.8. The van der Waals surface area contributed by atoms with Crippen molar-refractivity contribution in [2.45, 2.75) is 51.5 Å². The molecule has 6 heteroatoms. The average molecular weight is 459 g/mol. The maximum atomic E-state index is 13.1. The molecule has 4 bridgehead atoms. The van der Waals surface area contributed by atoms with Gasteiger partial charge < -0.3 is 20.4 Å². The summed E-state index contributed by atoms with van der Waals surface area (Å²) >= 11 is 0. The van der Waals surface area contributed by atoms with E-state index in [0.717, 1.165) is 59.0 Å². The van der Waals surface area contributed by atoms with Gasteiger partial charge in [-0.15, -0.1) is 0 Å². The number of aromatic nitrogens is 1. The fourth-order valence-electron chi connectivity index (χ4n) is 7.31. The molecule has 1 amide bonds. The number of nitrogens with zero attached hydrogens (tertiary/aromatic N) is 1. The molecule has 4 saturated carbocycles. The maximum Gasteiger partial charge on any atom is 0.224 e. The SMILES string of the molecule is O=C(CC12CC3CC(CC(C3)C1)C2)Nc1cccc2nc(NCCNCc3ccco3)ccc12. The van der Waals surface area contributed by atoms with E-state index >= 15 is 0 Å². The molecule has 6 nitrogen and oxygen atoms in total. The van der Waals surface area contributed by atoms with Gasteiger partial charge in [-0.25, -0.2) is 4.98 Å². The highest BCUT2D eigenvalue weighted by Gasteiger charge is 2.51. The van der Waals surface area contributed by atoms with Crippen molar-refractivity contribution in [3.05, 3.63) is 54.5 Å². The Kier molecular flexibility index (Phi) is 5.77. The Morgan fingerprint density at radius 3 is 2.50 bits per heavy atom. The Labute approximate surface area is 200 Å². The molecular weight excluding hydrogens is 424 g/mol. The number of carbonyl (C=O) groups excluding carboxylic acids is 1. The molecular formula is C28H34N4O2. The quantitative estimate of drug-likeness (QED) is 0.365. The molecule has 34 heavy (non-hydrogen) atoms. The normalized spacial score (nSPS) is 27.2. The van der Waals surface area contributed by atoms with Crippen LogP contribution in [0.5, 0.6) is 0 Å². The molecule has 1 aromatic carbocycles. The Hall–Kier alpha value is -2.86. The number of nitrogens with one attached hydrogen (secondary N) is 3. The second-order valence-electron chi connectivity index (χ2n) is 10.9. The standard InChI is InChI=1S/C28H34N4O2/c33-27(17-28-14-19-11-20(15-28)13-21(12-19)16-28)32-25-5-1-4-24-23(25)6-7-26(31-24)30-9-8-29-18-22-3-2-10-34-22/h1-7,10,19-21,29H,8-9,11-18H2,(H,30,31)(H,32,33). The molecule has 0 atom stereocenters. The van der Waals surface area contributed by atoms with Gasteiger partial charge in [0.1, 0.15) is 11.6 Å². The van der Waals surface area contributed by atoms with Crippen LogP contribution in [0.3, 0.4) is 0 Å². The van der Waals surface area contributed by atoms with Crippen molar-refractivity contribution in [3.8, 4) is 0 Å². The minimum atomic E-state index is 0.166. The second kappa shape index (κ2) is 9.06. The lowest BCUT2D eigenvalue weighted by atomic mass is 9.49. The smallest absolute Gasteiger partial charge is 0.224 e. The number of pyridine rings is 1. The lowest BCUT2D eigenvalue weighted by molar-refractivity contribution is -0.124. The van der Waals surface area contributed by atoms with Crippen LogP contribution in [0.4, 0.5) is 11.5 Å². The van der Waals surface area contributed by atoms with Gasteiger partial charge in [0.05, 0.1) is 24.0 Å². The van der Waals surface area contributed by atoms with E-state index in [1.54, 1.807) is 6.26 Å². The number of hydrogen-bond donors (Lipinski definition) is 3. The molecule has 0 spiro atoms. The zero-order valence-corrected chi connectivity index (χ0v) is 19.7. The monoisotopic (exact) mass is 458 g/mol. The summed E-state index contributed by atoms with van der Waals surface area (Å²) in [5.41, 5.74) is 2.01. The molecule has 2 heterocycles. The van der Waals surface area contributed by atoms with E-state index in [9.17, 15) is 4.79 Å². The van der Waals surface area contributed by atoms with Crippen molar-refractivity contribution in [3.63, 3.8) is 0 Å². The molecule has 4 aliphatic rings. The van der Waals surface area contributed by atoms with Crippen LogP contribution < -0.4 is 16.0 Å². The molecule has 0 saturated heterocycles. The molecule has 3 N–H and O–H groups in total. The minimum absolute atomic E-state index is 0.166. The van der Waals surface area contributed by atoms with E-state index in [1.807, 2.05) is 36.4 Å². The molecule has 0 radical (unpaired) electrons. The molecule has 0 unspecified atom stereocenters. The van der Waals surface area contributed by atoms with Gasteiger partial charge in [-0.2, -0.15) is 0 Å². The third kappa shape index (κ3) is 4.56. The summed E-state index contributed by atoms with van der Waals surface area (Å²) in [4.78, 5) is 17.9. The first-order chi connectivity index (χ1) is 16.6. The van der Waals surface area contributed by atoms with Crippen LogP contribution in [0.25, 0.3) is 10.9 Å². The van der Waals surface area contributed by atoms with Crippen LogP contribution in [0, 0.1) is 23.2 Å². The summed E-state index contributed by atoms with van der Waals surface area (Å²) in [5, 5.41) is 10.9. The van der Waals surface area contributed by atoms with Gasteiger partial charge in [-0.3, -0.25) is 4.79 Å². The van der Waals surface area contributed by atoms with Crippen LogP contribution in [-0.4, -0.2) is 24.0 Å². The van der Waals surface area contributed by atoms with Crippen LogP contribution in [-0.2, 0) is 11.3 Å². The molecule has 178 valence electrons. The van der Waals surface area contributed by atoms with Crippen LogP contribution in [0.2, 0.25) is 0 Å². The minimum Gasteiger partial charge on any atom is -0.468 e. The van der Waals surface area contributed by atoms with Gasteiger partial charge in [-0.1, -0.05) is 6.07 Å². The highest BCUT2D eigenvalue weighted by atomic mass is 16.3. The Balaban J connectivity index is 1.06. The maximum absolute atomic E-state index is 13.1. The second-order valence-corrected chi connectivity index (χ2v) is 10.9. The number of rotatable bonds is 9. The number of amides is 1. The van der Waals surface area contributed by atoms with Crippen LogP contribution in [0.1, 0.15) is 50.7 Å². The summed E-state index contributed by atoms with van der Waals surface area (Å²) in [5.74, 6) is 4.54. The van der Waals surface area contributed by atoms with E-state index in [2.05, 4.69) is 22.0 Å². The van der Waals surface area contributed by atoms with Crippen molar-refractivity contribution in [1.29, 1.82) is 0 Å². The third-order valence-electron chi connectivity index (χ3n) is 8.19. The van der Waals surface area contributed by atoms with Crippen molar-refractivity contribution < 1.29 is 9.21 Å². The largest absolute Gasteiger partial charge is 0.468 e. The van der Waals surface area contributed by atoms with E-state index in [4.69, 9.17) is 9.40 Å². The summed E-state index contributed by atoms with van der Waals surface area (Å²) in [6, 6.07) is 13.9. The fraction of sp³-hybridized carbons (Fsp3) is 0.500. The predicted octanol–water partition coefficient (Wildman–Crippen LogP) is 5.57. The molecule has 3 aromatic rings. The van der Waals surface area contributed by atoms with Crippen LogP contribution in [0.15, 0.2) is 53.1 Å². The van der Waals surface area contributed by atoms with E-state index in [1.165, 1.54) is 38.5 Å². The first-order valence-electron chi connectivity index (χ1n) is 12.8. The highest BCUT2D eigenvalue weighted by Crippen LogP contribution is 2.61. The first kappa shape index (κ1) is 21.7. The molecule has 0 aliphatic heterocycles. The number of hydrogen-bond acceptors (Lipinski definition) is 5. The number of carbonyl (C=O) groups is 1. The predicted molar refractivity (Wildman–Crippen MR) is 134 cm³/mol. The lowest BCUT2D eigenvalue weighted by Crippen LogP contribution is -2.47. The summed E-state index contributed by atoms with van der Waals surface area (Å²) in [7, 11) is 0. The summed E-state index contributed by atoms with van der Waals surface area (Å²) in [6.07, 6.45) is 10.4. The van der Waals surface area contributed by atoms with Gasteiger partial charge in [0.2, 0.25) is 5.91 Å². The van der Waals surface area contributed by atoms with E-state index in [-0.39, 0.29) is 11.3 Å². The molecule has 2 aromatic heterocycles. The van der Waals surface area contributed by atoms with Gasteiger partial charge in [0.25, 0.3) is 0 Å². The lowest BCUT2D eigenvalue weighted by Gasteiger charge is -2.56. The van der Waals surface area contributed by atoms with Gasteiger partial charge in [0.15, 0.2) is 0 Å². The van der Waals surface area contributed by atoms with Gasteiger partial charge >= 0.3 is 0 Å². The summed E-state index contributed by atoms with van der Waals surface area (Å²) < 4.78 is 5.33. The van der Waals surface area contributed by atoms with E-state index < -0.39 is 0 Å². The number of anilines is 2. The molecule has 4 fully saturated rings. The topological polar surface area (TPSA) is 79.2 Å². The average Bonchev–Trinajstić information content (AvgIpc) is 3.31. The van der Waals surface area contributed by atoms with Gasteiger partial charge in [0, 0.05) is 24.9 Å². The molecule has 7 rings (SSSR count).